The van der Waals surface area contributed by atoms with E-state index in [2.05, 4.69) is 20.6 Å². The van der Waals surface area contributed by atoms with Gasteiger partial charge in [0.1, 0.15) is 6.23 Å². The van der Waals surface area contributed by atoms with Crippen LogP contribution in [0.1, 0.15) is 55.8 Å². The van der Waals surface area contributed by atoms with Crippen LogP contribution in [0.25, 0.3) is 10.9 Å². The zero-order chi connectivity index (χ0) is 18.5. The van der Waals surface area contributed by atoms with Gasteiger partial charge in [0, 0.05) is 23.2 Å². The number of hydrogen-bond acceptors (Lipinski definition) is 6. The first kappa shape index (κ1) is 18.5. The van der Waals surface area contributed by atoms with Crippen LogP contribution < -0.4 is 10.6 Å². The Balaban J connectivity index is 1.72. The topological polar surface area (TPSA) is 107 Å². The fraction of sp³-hybridized carbons (Fsp3) is 0.526. The monoisotopic (exact) mass is 358 g/mol. The summed E-state index contributed by atoms with van der Waals surface area (Å²) in [5.74, 6) is 0.213. The number of anilines is 1. The van der Waals surface area contributed by atoms with Gasteiger partial charge in [0.25, 0.3) is 5.91 Å². The predicted molar refractivity (Wildman–Crippen MR) is 99.8 cm³/mol. The molecule has 1 amide bonds. The first-order valence-corrected chi connectivity index (χ1v) is 9.25. The predicted octanol–water partition coefficient (Wildman–Crippen LogP) is 2.19. The molecule has 26 heavy (non-hydrogen) atoms. The van der Waals surface area contributed by atoms with Crippen molar-refractivity contribution < 1.29 is 15.0 Å². The highest BCUT2D eigenvalue weighted by molar-refractivity contribution is 5.97. The quantitative estimate of drug-likeness (QED) is 0.590. The normalized spacial score (nSPS) is 21.3. The summed E-state index contributed by atoms with van der Waals surface area (Å²) in [6, 6.07) is 5.47. The van der Waals surface area contributed by atoms with E-state index >= 15 is 0 Å². The van der Waals surface area contributed by atoms with E-state index in [1.165, 1.54) is 0 Å². The third kappa shape index (κ3) is 4.68. The van der Waals surface area contributed by atoms with Crippen molar-refractivity contribution in [3.63, 3.8) is 0 Å². The summed E-state index contributed by atoms with van der Waals surface area (Å²) in [5.41, 5.74) is 1.13. The van der Waals surface area contributed by atoms with Gasteiger partial charge in [-0.15, -0.1) is 0 Å². The van der Waals surface area contributed by atoms with Crippen LogP contribution in [-0.2, 0) is 0 Å². The minimum absolute atomic E-state index is 0.199. The van der Waals surface area contributed by atoms with Crippen molar-refractivity contribution in [1.82, 2.24) is 15.3 Å². The maximum atomic E-state index is 12.3. The van der Waals surface area contributed by atoms with E-state index in [9.17, 15) is 15.0 Å². The number of carbonyl (C=O) groups excluding carboxylic acids is 1. The first-order chi connectivity index (χ1) is 12.5. The minimum atomic E-state index is -0.840. The van der Waals surface area contributed by atoms with Crippen molar-refractivity contribution in [2.45, 2.75) is 63.8 Å². The molecule has 1 aliphatic carbocycles. The number of aromatic nitrogens is 2. The van der Waals surface area contributed by atoms with E-state index in [-0.39, 0.29) is 18.1 Å². The minimum Gasteiger partial charge on any atom is -0.393 e. The molecule has 7 nitrogen and oxygen atoms in total. The van der Waals surface area contributed by atoms with Crippen molar-refractivity contribution in [3.8, 4) is 0 Å². The molecule has 0 aliphatic heterocycles. The Morgan fingerprint density at radius 2 is 2.08 bits per heavy atom. The van der Waals surface area contributed by atoms with Gasteiger partial charge >= 0.3 is 0 Å². The molecule has 1 aliphatic rings. The van der Waals surface area contributed by atoms with Crippen LogP contribution in [0.5, 0.6) is 0 Å². The van der Waals surface area contributed by atoms with Crippen LogP contribution in [-0.4, -0.2) is 44.5 Å². The highest BCUT2D eigenvalue weighted by Gasteiger charge is 2.20. The Morgan fingerprint density at radius 1 is 1.31 bits per heavy atom. The summed E-state index contributed by atoms with van der Waals surface area (Å²) in [4.78, 5) is 21.1. The number of aliphatic hydroxyl groups excluding tert-OH is 2. The maximum absolute atomic E-state index is 12.3. The van der Waals surface area contributed by atoms with Crippen molar-refractivity contribution in [3.05, 3.63) is 30.0 Å². The Labute approximate surface area is 152 Å². The molecule has 0 bridgehead atoms. The van der Waals surface area contributed by atoms with Gasteiger partial charge in [0.15, 0.2) is 0 Å². The molecule has 1 fully saturated rings. The molecule has 1 aromatic carbocycles. The fourth-order valence-corrected chi connectivity index (χ4v) is 3.22. The number of carbonyl (C=O) groups is 1. The number of rotatable bonds is 6. The van der Waals surface area contributed by atoms with Gasteiger partial charge in [-0.1, -0.05) is 19.4 Å². The lowest BCUT2D eigenvalue weighted by atomic mass is 9.93. The van der Waals surface area contributed by atoms with E-state index in [0.29, 0.717) is 23.4 Å². The standard InChI is InChI=1S/C19H26N4O3/c1-2-3-17(25)23-18(26)12-4-5-13-11-20-19(22-16(13)10-12)21-14-6-8-15(24)9-7-14/h4-5,10-11,14-15,17,24-25H,2-3,6-9H2,1H3,(H,23,26)(H,20,21,22). The number of amides is 1. The lowest BCUT2D eigenvalue weighted by molar-refractivity contribution is 0.0763. The second-order valence-corrected chi connectivity index (χ2v) is 6.89. The second kappa shape index (κ2) is 8.42. The number of nitrogens with zero attached hydrogens (tertiary/aromatic N) is 2. The molecule has 140 valence electrons. The first-order valence-electron chi connectivity index (χ1n) is 9.25. The molecule has 2 aromatic rings. The van der Waals surface area contributed by atoms with Gasteiger partial charge in [-0.25, -0.2) is 9.97 Å². The highest BCUT2D eigenvalue weighted by Crippen LogP contribution is 2.22. The van der Waals surface area contributed by atoms with Gasteiger partial charge in [0.2, 0.25) is 5.95 Å². The van der Waals surface area contributed by atoms with Gasteiger partial charge in [-0.2, -0.15) is 0 Å². The van der Waals surface area contributed by atoms with Crippen molar-refractivity contribution in [2.24, 2.45) is 0 Å². The van der Waals surface area contributed by atoms with Crippen LogP contribution in [0.2, 0.25) is 0 Å². The summed E-state index contributed by atoms with van der Waals surface area (Å²) >= 11 is 0. The number of nitrogens with one attached hydrogen (secondary N) is 2. The number of fused-ring (bicyclic) bond motifs is 1. The molecule has 0 radical (unpaired) electrons. The largest absolute Gasteiger partial charge is 0.393 e. The molecule has 0 saturated heterocycles. The van der Waals surface area contributed by atoms with Gasteiger partial charge in [0.05, 0.1) is 11.6 Å². The van der Waals surface area contributed by atoms with Crippen molar-refractivity contribution in [2.75, 3.05) is 5.32 Å². The average Bonchev–Trinajstić information content (AvgIpc) is 2.63. The molecular weight excluding hydrogens is 332 g/mol. The smallest absolute Gasteiger partial charge is 0.253 e. The fourth-order valence-electron chi connectivity index (χ4n) is 3.22. The third-order valence-corrected chi connectivity index (χ3v) is 4.73. The molecule has 1 saturated carbocycles. The highest BCUT2D eigenvalue weighted by atomic mass is 16.3. The van der Waals surface area contributed by atoms with E-state index in [4.69, 9.17) is 0 Å². The van der Waals surface area contributed by atoms with E-state index in [1.54, 1.807) is 24.4 Å². The summed E-state index contributed by atoms with van der Waals surface area (Å²) in [6.07, 6.45) is 5.36. The summed E-state index contributed by atoms with van der Waals surface area (Å²) < 4.78 is 0. The number of benzene rings is 1. The SMILES string of the molecule is CCCC(O)NC(=O)c1ccc2cnc(NC3CCC(O)CC3)nc2c1. The Hall–Kier alpha value is -2.25. The molecule has 3 rings (SSSR count). The van der Waals surface area contributed by atoms with Gasteiger partial charge in [-0.3, -0.25) is 4.79 Å². The Morgan fingerprint density at radius 3 is 2.81 bits per heavy atom. The maximum Gasteiger partial charge on any atom is 0.253 e. The molecule has 4 N–H and O–H groups in total. The average molecular weight is 358 g/mol. The van der Waals surface area contributed by atoms with Crippen LogP contribution in [0.15, 0.2) is 24.4 Å². The lowest BCUT2D eigenvalue weighted by Crippen LogP contribution is -2.34. The molecular formula is C19H26N4O3. The van der Waals surface area contributed by atoms with Crippen LogP contribution in [0.3, 0.4) is 0 Å². The van der Waals surface area contributed by atoms with E-state index in [1.807, 2.05) is 6.92 Å². The lowest BCUT2D eigenvalue weighted by Gasteiger charge is -2.26. The van der Waals surface area contributed by atoms with Crippen LogP contribution >= 0.6 is 0 Å². The molecule has 1 aromatic heterocycles. The van der Waals surface area contributed by atoms with E-state index in [0.717, 1.165) is 37.5 Å². The number of hydrogen-bond donors (Lipinski definition) is 4. The molecule has 1 heterocycles. The van der Waals surface area contributed by atoms with Crippen LogP contribution in [0.4, 0.5) is 5.95 Å². The summed E-state index contributed by atoms with van der Waals surface area (Å²) in [5, 5.41) is 26.1. The Bertz CT molecular complexity index is 760. The summed E-state index contributed by atoms with van der Waals surface area (Å²) in [6.45, 7) is 1.95. The van der Waals surface area contributed by atoms with Crippen LogP contribution in [0, 0.1) is 0 Å². The van der Waals surface area contributed by atoms with Crippen molar-refractivity contribution >= 4 is 22.8 Å². The molecule has 7 heteroatoms. The zero-order valence-corrected chi connectivity index (χ0v) is 15.0. The zero-order valence-electron chi connectivity index (χ0n) is 15.0. The molecule has 0 spiro atoms. The second-order valence-electron chi connectivity index (χ2n) is 6.89. The number of aliphatic hydroxyl groups is 2. The molecule has 1 unspecified atom stereocenters. The van der Waals surface area contributed by atoms with Gasteiger partial charge < -0.3 is 20.8 Å². The van der Waals surface area contributed by atoms with E-state index < -0.39 is 6.23 Å². The third-order valence-electron chi connectivity index (χ3n) is 4.73. The summed E-state index contributed by atoms with van der Waals surface area (Å²) in [7, 11) is 0. The molecule has 1 atom stereocenters. The van der Waals surface area contributed by atoms with Gasteiger partial charge in [-0.05, 0) is 44.2 Å². The Kier molecular flexibility index (Phi) is 6.00. The van der Waals surface area contributed by atoms with Crippen molar-refractivity contribution in [1.29, 1.82) is 0 Å².